The van der Waals surface area contributed by atoms with Crippen LogP contribution in [0, 0.1) is 0 Å². The predicted molar refractivity (Wildman–Crippen MR) is 80.9 cm³/mol. The minimum absolute atomic E-state index is 0.0135. The van der Waals surface area contributed by atoms with Gasteiger partial charge in [0.1, 0.15) is 11.9 Å². The van der Waals surface area contributed by atoms with E-state index in [0.29, 0.717) is 18.1 Å². The van der Waals surface area contributed by atoms with E-state index in [2.05, 4.69) is 10.1 Å². The molecule has 0 saturated heterocycles. The van der Waals surface area contributed by atoms with Crippen molar-refractivity contribution in [3.05, 3.63) is 35.6 Å². The summed E-state index contributed by atoms with van der Waals surface area (Å²) in [5, 5.41) is 4.64. The molecule has 2 aromatic rings. The molecule has 0 N–H and O–H groups in total. The molecule has 21 heavy (non-hydrogen) atoms. The summed E-state index contributed by atoms with van der Waals surface area (Å²) >= 11 is 5.86. The lowest BCUT2D eigenvalue weighted by molar-refractivity contribution is -0.135. The van der Waals surface area contributed by atoms with Gasteiger partial charge in [-0.3, -0.25) is 9.48 Å². The average Bonchev–Trinajstić information content (AvgIpc) is 3.06. The van der Waals surface area contributed by atoms with Crippen molar-refractivity contribution in [2.75, 3.05) is 6.54 Å². The van der Waals surface area contributed by atoms with E-state index in [-0.39, 0.29) is 11.9 Å². The minimum atomic E-state index is -0.385. The lowest BCUT2D eigenvalue weighted by atomic mass is 10.2. The third-order valence-electron chi connectivity index (χ3n) is 3.38. The van der Waals surface area contributed by atoms with E-state index >= 15 is 0 Å². The highest BCUT2D eigenvalue weighted by Gasteiger charge is 2.23. The SMILES string of the molecule is CCCN(Cc1nccn1C)C(=O)C(C)n1cc(Cl)cn1. The largest absolute Gasteiger partial charge is 0.337 e. The Balaban J connectivity index is 2.13. The molecule has 2 heterocycles. The molecular weight excluding hydrogens is 290 g/mol. The first-order valence-corrected chi connectivity index (χ1v) is 7.35. The van der Waals surface area contributed by atoms with Gasteiger partial charge in [0, 0.05) is 32.2 Å². The molecule has 0 aromatic carbocycles. The number of carbonyl (C=O) groups excluding carboxylic acids is 1. The second-order valence-electron chi connectivity index (χ2n) is 5.03. The molecule has 0 radical (unpaired) electrons. The van der Waals surface area contributed by atoms with Gasteiger partial charge in [-0.1, -0.05) is 18.5 Å². The number of hydrogen-bond acceptors (Lipinski definition) is 3. The quantitative estimate of drug-likeness (QED) is 0.822. The zero-order valence-corrected chi connectivity index (χ0v) is 13.3. The van der Waals surface area contributed by atoms with E-state index in [4.69, 9.17) is 11.6 Å². The first kappa shape index (κ1) is 15.6. The molecule has 2 rings (SSSR count). The molecule has 7 heteroatoms. The summed E-state index contributed by atoms with van der Waals surface area (Å²) in [4.78, 5) is 18.8. The maximum atomic E-state index is 12.7. The highest BCUT2D eigenvalue weighted by atomic mass is 35.5. The van der Waals surface area contributed by atoms with Gasteiger partial charge >= 0.3 is 0 Å². The first-order valence-electron chi connectivity index (χ1n) is 6.97. The van der Waals surface area contributed by atoms with Gasteiger partial charge in [-0.2, -0.15) is 5.10 Å². The Morgan fingerprint density at radius 3 is 2.81 bits per heavy atom. The molecule has 6 nitrogen and oxygen atoms in total. The van der Waals surface area contributed by atoms with Crippen molar-refractivity contribution in [3.63, 3.8) is 0 Å². The molecule has 0 fully saturated rings. The van der Waals surface area contributed by atoms with E-state index in [1.165, 1.54) is 6.20 Å². The number of nitrogens with zero attached hydrogens (tertiary/aromatic N) is 5. The van der Waals surface area contributed by atoms with Gasteiger partial charge in [-0.25, -0.2) is 4.98 Å². The third-order valence-corrected chi connectivity index (χ3v) is 3.58. The highest BCUT2D eigenvalue weighted by molar-refractivity contribution is 6.30. The Hall–Kier alpha value is -1.82. The summed E-state index contributed by atoms with van der Waals surface area (Å²) in [6, 6.07) is -0.385. The number of rotatable bonds is 6. The van der Waals surface area contributed by atoms with Crippen LogP contribution in [0.1, 0.15) is 32.1 Å². The number of imidazole rings is 1. The summed E-state index contributed by atoms with van der Waals surface area (Å²) in [7, 11) is 1.92. The van der Waals surface area contributed by atoms with Crippen LogP contribution in [0.5, 0.6) is 0 Å². The van der Waals surface area contributed by atoms with Crippen LogP contribution in [0.15, 0.2) is 24.8 Å². The van der Waals surface area contributed by atoms with Gasteiger partial charge in [0.05, 0.1) is 17.8 Å². The zero-order valence-electron chi connectivity index (χ0n) is 12.5. The smallest absolute Gasteiger partial charge is 0.247 e. The summed E-state index contributed by atoms with van der Waals surface area (Å²) in [6.07, 6.45) is 7.70. The van der Waals surface area contributed by atoms with Gasteiger partial charge < -0.3 is 9.47 Å². The Bertz CT molecular complexity index is 606. The number of carbonyl (C=O) groups is 1. The Morgan fingerprint density at radius 2 is 2.29 bits per heavy atom. The molecule has 2 aromatic heterocycles. The van der Waals surface area contributed by atoms with Crippen LogP contribution < -0.4 is 0 Å². The maximum absolute atomic E-state index is 12.7. The van der Waals surface area contributed by atoms with Crippen LogP contribution in [-0.2, 0) is 18.4 Å². The van der Waals surface area contributed by atoms with Crippen LogP contribution in [0.25, 0.3) is 0 Å². The van der Waals surface area contributed by atoms with Crippen molar-refractivity contribution < 1.29 is 4.79 Å². The summed E-state index contributed by atoms with van der Waals surface area (Å²) in [5.41, 5.74) is 0. The highest BCUT2D eigenvalue weighted by Crippen LogP contribution is 2.15. The molecular formula is C14H20ClN5O. The van der Waals surface area contributed by atoms with Crippen molar-refractivity contribution >= 4 is 17.5 Å². The third kappa shape index (κ3) is 3.64. The van der Waals surface area contributed by atoms with Crippen molar-refractivity contribution in [1.29, 1.82) is 0 Å². The number of aromatic nitrogens is 4. The van der Waals surface area contributed by atoms with Crippen molar-refractivity contribution in [3.8, 4) is 0 Å². The fraction of sp³-hybridized carbons (Fsp3) is 0.500. The van der Waals surface area contributed by atoms with Crippen LogP contribution >= 0.6 is 11.6 Å². The molecule has 1 atom stereocenters. The lowest BCUT2D eigenvalue weighted by Crippen LogP contribution is -2.37. The molecule has 0 aliphatic heterocycles. The first-order chi connectivity index (χ1) is 10.0. The Labute approximate surface area is 129 Å². The van der Waals surface area contributed by atoms with E-state index in [9.17, 15) is 4.79 Å². The van der Waals surface area contributed by atoms with Crippen molar-refractivity contribution in [1.82, 2.24) is 24.2 Å². The minimum Gasteiger partial charge on any atom is -0.337 e. The van der Waals surface area contributed by atoms with Gasteiger partial charge in [-0.15, -0.1) is 0 Å². The summed E-state index contributed by atoms with van der Waals surface area (Å²) in [5.74, 6) is 0.877. The zero-order chi connectivity index (χ0) is 15.4. The van der Waals surface area contributed by atoms with Crippen molar-refractivity contribution in [2.45, 2.75) is 32.9 Å². The fourth-order valence-corrected chi connectivity index (χ4v) is 2.30. The Morgan fingerprint density at radius 1 is 1.52 bits per heavy atom. The molecule has 1 unspecified atom stereocenters. The summed E-state index contributed by atoms with van der Waals surface area (Å²) in [6.45, 7) is 5.06. The van der Waals surface area contributed by atoms with Crippen LogP contribution in [0.3, 0.4) is 0 Å². The number of halogens is 1. The van der Waals surface area contributed by atoms with E-state index in [0.717, 1.165) is 12.2 Å². The van der Waals surface area contributed by atoms with Gasteiger partial charge in [0.2, 0.25) is 5.91 Å². The summed E-state index contributed by atoms with van der Waals surface area (Å²) < 4.78 is 3.51. The van der Waals surface area contributed by atoms with Gasteiger partial charge in [0.25, 0.3) is 0 Å². The van der Waals surface area contributed by atoms with E-state index < -0.39 is 0 Å². The maximum Gasteiger partial charge on any atom is 0.247 e. The average molecular weight is 310 g/mol. The predicted octanol–water partition coefficient (Wildman–Crippen LogP) is 2.27. The van der Waals surface area contributed by atoms with E-state index in [1.54, 1.807) is 17.1 Å². The van der Waals surface area contributed by atoms with E-state index in [1.807, 2.05) is 36.6 Å². The number of hydrogen-bond donors (Lipinski definition) is 0. The molecule has 0 aliphatic carbocycles. The molecule has 0 saturated carbocycles. The standard InChI is InChI=1S/C14H20ClN5O/c1-4-6-19(10-13-16-5-7-18(13)3)14(21)11(2)20-9-12(15)8-17-20/h5,7-9,11H,4,6,10H2,1-3H3. The number of amides is 1. The van der Waals surface area contributed by atoms with Crippen molar-refractivity contribution in [2.24, 2.45) is 7.05 Å². The lowest BCUT2D eigenvalue weighted by Gasteiger charge is -2.25. The number of aryl methyl sites for hydroxylation is 1. The van der Waals surface area contributed by atoms with Gasteiger partial charge in [-0.05, 0) is 13.3 Å². The monoisotopic (exact) mass is 309 g/mol. The topological polar surface area (TPSA) is 56.0 Å². The molecule has 0 spiro atoms. The molecule has 1 amide bonds. The second kappa shape index (κ2) is 6.76. The normalized spacial score (nSPS) is 12.4. The van der Waals surface area contributed by atoms with Gasteiger partial charge in [0.15, 0.2) is 0 Å². The fourth-order valence-electron chi connectivity index (χ4n) is 2.16. The molecule has 114 valence electrons. The molecule has 0 aliphatic rings. The second-order valence-corrected chi connectivity index (χ2v) is 5.47. The van der Waals surface area contributed by atoms with Crippen LogP contribution in [-0.4, -0.2) is 36.7 Å². The molecule has 0 bridgehead atoms. The van der Waals surface area contributed by atoms with Crippen LogP contribution in [0.2, 0.25) is 5.02 Å². The van der Waals surface area contributed by atoms with Crippen LogP contribution in [0.4, 0.5) is 0 Å². The Kier molecular flexibility index (Phi) is 5.01.